The van der Waals surface area contributed by atoms with Crippen molar-refractivity contribution in [2.75, 3.05) is 25.0 Å². The molecule has 1 aromatic heterocycles. The number of phosphoric acid groups is 2. The van der Waals surface area contributed by atoms with Crippen LogP contribution in [0.4, 0.5) is 5.69 Å². The van der Waals surface area contributed by atoms with E-state index in [1.807, 2.05) is 30.5 Å². The standard InChI is InChI=1S/C18H26ClN3.2H3O4P/c1-4-22(5-2)12-6-7-14(3)21-17-10-11-20-18-13-15(19)8-9-16(17)18;2*1-5(2,3)4/h8-11,13-14H,4-7,12H2,1-3H3,(H,20,21);2*(H3,1,2,3,4)/p-6. The molecule has 14 heteroatoms. The highest BCUT2D eigenvalue weighted by atomic mass is 35.5. The number of anilines is 1. The molecular weight excluding hydrogens is 484 g/mol. The third-order valence-corrected chi connectivity index (χ3v) is 4.35. The monoisotopic (exact) mass is 509 g/mol. The summed E-state index contributed by atoms with van der Waals surface area (Å²) >= 11 is 6.04. The van der Waals surface area contributed by atoms with E-state index in [4.69, 9.17) is 50.1 Å². The van der Waals surface area contributed by atoms with Crippen LogP contribution in [-0.2, 0) is 9.13 Å². The third-order valence-electron chi connectivity index (χ3n) is 4.11. The van der Waals surface area contributed by atoms with Crippen LogP contribution < -0.4 is 34.7 Å². The Morgan fingerprint density at radius 3 is 2.06 bits per heavy atom. The minimum Gasteiger partial charge on any atom is -0.822 e. The van der Waals surface area contributed by atoms with Crippen molar-refractivity contribution in [3.8, 4) is 0 Å². The molecule has 2 rings (SSSR count). The molecule has 0 aliphatic heterocycles. The maximum Gasteiger partial charge on any atom is 0.0737 e. The summed E-state index contributed by atoms with van der Waals surface area (Å²) in [6.07, 6.45) is 4.21. The SMILES string of the molecule is CCN(CC)CCCC(C)Nc1ccnc2cc(Cl)ccc12.O=P([O-])([O-])[O-].O=P([O-])([O-])[O-]. The maximum atomic E-state index is 8.55. The Hall–Kier alpha value is -1.10. The first-order chi connectivity index (χ1) is 14.6. The zero-order chi connectivity index (χ0) is 24.9. The van der Waals surface area contributed by atoms with Crippen LogP contribution in [0.25, 0.3) is 10.9 Å². The summed E-state index contributed by atoms with van der Waals surface area (Å²) < 4.78 is 17.1. The summed E-state index contributed by atoms with van der Waals surface area (Å²) in [5.41, 5.74) is 2.07. The van der Waals surface area contributed by atoms with Crippen LogP contribution in [0.2, 0.25) is 5.02 Å². The van der Waals surface area contributed by atoms with Crippen LogP contribution in [0.5, 0.6) is 0 Å². The van der Waals surface area contributed by atoms with Crippen LogP contribution in [0.15, 0.2) is 30.5 Å². The number of pyridine rings is 1. The van der Waals surface area contributed by atoms with Gasteiger partial charge in [-0.25, -0.2) is 0 Å². The fraction of sp³-hybridized carbons (Fsp3) is 0.500. The van der Waals surface area contributed by atoms with Gasteiger partial charge in [0, 0.05) is 28.3 Å². The molecule has 1 atom stereocenters. The van der Waals surface area contributed by atoms with Gasteiger partial charge in [0.05, 0.1) is 5.52 Å². The number of nitrogens with zero attached hydrogens (tertiary/aromatic N) is 2. The molecule has 11 nitrogen and oxygen atoms in total. The number of hydrogen-bond donors (Lipinski definition) is 1. The van der Waals surface area contributed by atoms with Crippen molar-refractivity contribution in [3.63, 3.8) is 0 Å². The topological polar surface area (TPSA) is 201 Å². The fourth-order valence-corrected chi connectivity index (χ4v) is 2.91. The first-order valence-corrected chi connectivity index (χ1v) is 12.9. The van der Waals surface area contributed by atoms with E-state index in [0.717, 1.165) is 41.1 Å². The van der Waals surface area contributed by atoms with Gasteiger partial charge in [-0.3, -0.25) is 4.98 Å². The van der Waals surface area contributed by atoms with Gasteiger partial charge in [0.1, 0.15) is 0 Å². The Bertz CT molecular complexity index is 868. The molecule has 0 aliphatic carbocycles. The van der Waals surface area contributed by atoms with Crippen LogP contribution in [-0.4, -0.2) is 35.6 Å². The Labute approximate surface area is 192 Å². The van der Waals surface area contributed by atoms with E-state index in [0.29, 0.717) is 6.04 Å². The Kier molecular flexibility index (Phi) is 14.4. The summed E-state index contributed by atoms with van der Waals surface area (Å²) in [6, 6.07) is 8.35. The van der Waals surface area contributed by atoms with Gasteiger partial charge in [0.2, 0.25) is 0 Å². The number of hydrogen-bond acceptors (Lipinski definition) is 11. The predicted molar refractivity (Wildman–Crippen MR) is 112 cm³/mol. The molecule has 0 bridgehead atoms. The van der Waals surface area contributed by atoms with Gasteiger partial charge in [0.25, 0.3) is 0 Å². The molecule has 32 heavy (non-hydrogen) atoms. The number of benzene rings is 1. The average molecular weight is 510 g/mol. The van der Waals surface area contributed by atoms with E-state index in [9.17, 15) is 0 Å². The zero-order valence-electron chi connectivity index (χ0n) is 17.9. The van der Waals surface area contributed by atoms with E-state index >= 15 is 0 Å². The number of aromatic nitrogens is 1. The predicted octanol–water partition coefficient (Wildman–Crippen LogP) is -0.839. The van der Waals surface area contributed by atoms with Crippen LogP contribution in [0.3, 0.4) is 0 Å². The van der Waals surface area contributed by atoms with Crippen LogP contribution >= 0.6 is 27.2 Å². The highest BCUT2D eigenvalue weighted by Gasteiger charge is 2.07. The van der Waals surface area contributed by atoms with Crippen molar-refractivity contribution in [1.82, 2.24) is 9.88 Å². The molecule has 0 radical (unpaired) electrons. The largest absolute Gasteiger partial charge is 0.822 e. The highest BCUT2D eigenvalue weighted by molar-refractivity contribution is 7.40. The number of rotatable bonds is 8. The van der Waals surface area contributed by atoms with Crippen molar-refractivity contribution < 1.29 is 38.5 Å². The second kappa shape index (κ2) is 14.9. The van der Waals surface area contributed by atoms with Crippen molar-refractivity contribution in [1.29, 1.82) is 0 Å². The Morgan fingerprint density at radius 1 is 1.03 bits per heavy atom. The van der Waals surface area contributed by atoms with Crippen molar-refractivity contribution >= 4 is 43.8 Å². The molecule has 1 N–H and O–H groups in total. The molecule has 184 valence electrons. The molecule has 1 aromatic carbocycles. The lowest BCUT2D eigenvalue weighted by Crippen LogP contribution is -2.25. The molecule has 1 heterocycles. The molecule has 0 amide bonds. The van der Waals surface area contributed by atoms with Crippen molar-refractivity contribution in [2.24, 2.45) is 0 Å². The first-order valence-electron chi connectivity index (χ1n) is 9.63. The summed E-state index contributed by atoms with van der Waals surface area (Å²) in [7, 11) is -10.8. The van der Waals surface area contributed by atoms with E-state index in [2.05, 4.69) is 36.0 Å². The first kappa shape index (κ1) is 30.9. The minimum absolute atomic E-state index is 0.442. The van der Waals surface area contributed by atoms with Crippen molar-refractivity contribution in [3.05, 3.63) is 35.5 Å². The van der Waals surface area contributed by atoms with E-state index < -0.39 is 15.6 Å². The van der Waals surface area contributed by atoms with E-state index in [-0.39, 0.29) is 0 Å². The normalized spacial score (nSPS) is 12.5. The summed E-state index contributed by atoms with van der Waals surface area (Å²) in [6.45, 7) is 10.1. The Balaban J connectivity index is 0.000000805. The lowest BCUT2D eigenvalue weighted by Gasteiger charge is -2.36. The van der Waals surface area contributed by atoms with Gasteiger partial charge in [0.15, 0.2) is 0 Å². The van der Waals surface area contributed by atoms with E-state index in [1.54, 1.807) is 0 Å². The van der Waals surface area contributed by atoms with Crippen LogP contribution in [0, 0.1) is 0 Å². The molecule has 0 fully saturated rings. The van der Waals surface area contributed by atoms with Gasteiger partial charge in [-0.2, -0.15) is 15.6 Å². The molecule has 2 aromatic rings. The summed E-state index contributed by atoms with van der Waals surface area (Å²) in [5, 5.41) is 5.47. The second-order valence-corrected chi connectivity index (χ2v) is 8.85. The van der Waals surface area contributed by atoms with Gasteiger partial charge in [-0.1, -0.05) is 25.4 Å². The molecule has 0 saturated carbocycles. The number of fused-ring (bicyclic) bond motifs is 1. The smallest absolute Gasteiger partial charge is 0.0737 e. The third kappa shape index (κ3) is 17.5. The minimum atomic E-state index is -5.39. The summed E-state index contributed by atoms with van der Waals surface area (Å²) in [5.74, 6) is 0. The van der Waals surface area contributed by atoms with Gasteiger partial charge >= 0.3 is 0 Å². The summed E-state index contributed by atoms with van der Waals surface area (Å²) in [4.78, 5) is 58.1. The molecule has 0 saturated heterocycles. The number of nitrogens with one attached hydrogen (secondary N) is 1. The van der Waals surface area contributed by atoms with Gasteiger partial charge in [-0.05, 0) is 63.7 Å². The molecule has 1 unspecified atom stereocenters. The van der Waals surface area contributed by atoms with Crippen molar-refractivity contribution in [2.45, 2.75) is 39.7 Å². The zero-order valence-corrected chi connectivity index (χ0v) is 20.5. The lowest BCUT2D eigenvalue weighted by molar-refractivity contribution is -0.434. The van der Waals surface area contributed by atoms with Gasteiger partial charge in [-0.15, -0.1) is 0 Å². The van der Waals surface area contributed by atoms with E-state index in [1.165, 1.54) is 13.0 Å². The van der Waals surface area contributed by atoms with Crippen LogP contribution in [0.1, 0.15) is 33.6 Å². The Morgan fingerprint density at radius 2 is 1.56 bits per heavy atom. The number of halogens is 1. The average Bonchev–Trinajstić information content (AvgIpc) is 2.62. The lowest BCUT2D eigenvalue weighted by atomic mass is 10.1. The maximum absolute atomic E-state index is 8.55. The van der Waals surface area contributed by atoms with Gasteiger partial charge < -0.3 is 48.7 Å². The fourth-order valence-electron chi connectivity index (χ4n) is 2.75. The second-order valence-electron chi connectivity index (χ2n) is 6.63. The molecular formula is C18H26ClN3O8P2-6. The highest BCUT2D eigenvalue weighted by Crippen LogP contribution is 2.25. The quantitative estimate of drug-likeness (QED) is 0.435. The molecule has 0 aliphatic rings. The molecule has 0 spiro atoms.